The number of hydrogen-bond donors (Lipinski definition) is 2. The summed E-state index contributed by atoms with van der Waals surface area (Å²) in [5, 5.41) is 6.49. The van der Waals surface area contributed by atoms with E-state index in [0.717, 1.165) is 26.2 Å². The van der Waals surface area contributed by atoms with Crippen LogP contribution in [0, 0.1) is 0 Å². The summed E-state index contributed by atoms with van der Waals surface area (Å²) < 4.78 is 4.93. The first-order chi connectivity index (χ1) is 6.41. The summed E-state index contributed by atoms with van der Waals surface area (Å²) in [6.45, 7) is 4.08. The molecule has 3 heteroatoms. The predicted molar refractivity (Wildman–Crippen MR) is 57.1 cm³/mol. The van der Waals surface area contributed by atoms with Gasteiger partial charge in [-0.25, -0.2) is 0 Å². The van der Waals surface area contributed by atoms with Crippen LogP contribution in [0.2, 0.25) is 0 Å². The molecule has 13 heavy (non-hydrogen) atoms. The van der Waals surface area contributed by atoms with E-state index in [1.807, 2.05) is 7.05 Å². The van der Waals surface area contributed by atoms with Gasteiger partial charge in [0.15, 0.2) is 0 Å². The molecule has 0 amide bonds. The zero-order valence-corrected chi connectivity index (χ0v) is 9.07. The maximum atomic E-state index is 4.93. The van der Waals surface area contributed by atoms with Gasteiger partial charge in [0, 0.05) is 13.7 Å². The molecule has 0 aromatic heterocycles. The second kappa shape index (κ2) is 11.9. The van der Waals surface area contributed by atoms with Gasteiger partial charge in [0.2, 0.25) is 0 Å². The van der Waals surface area contributed by atoms with Crippen molar-refractivity contribution in [3.05, 3.63) is 0 Å². The van der Waals surface area contributed by atoms with Crippen LogP contribution in [0.15, 0.2) is 0 Å². The Kier molecular flexibility index (Phi) is 11.8. The molecule has 0 aromatic carbocycles. The van der Waals surface area contributed by atoms with Crippen LogP contribution < -0.4 is 10.6 Å². The van der Waals surface area contributed by atoms with Crippen molar-refractivity contribution in [3.8, 4) is 0 Å². The highest BCUT2D eigenvalue weighted by molar-refractivity contribution is 4.49. The molecule has 0 atom stereocenters. The zero-order valence-electron chi connectivity index (χ0n) is 9.07. The summed E-state index contributed by atoms with van der Waals surface area (Å²) in [4.78, 5) is 0. The second-order valence-corrected chi connectivity index (χ2v) is 3.26. The second-order valence-electron chi connectivity index (χ2n) is 3.26. The summed E-state index contributed by atoms with van der Waals surface area (Å²) in [7, 11) is 3.74. The number of unbranched alkanes of at least 4 members (excludes halogenated alkanes) is 3. The van der Waals surface area contributed by atoms with Gasteiger partial charge >= 0.3 is 0 Å². The number of ether oxygens (including phenoxy) is 1. The van der Waals surface area contributed by atoms with Crippen LogP contribution in [-0.4, -0.2) is 40.4 Å². The van der Waals surface area contributed by atoms with Gasteiger partial charge in [0.25, 0.3) is 0 Å². The van der Waals surface area contributed by atoms with Crippen LogP contribution in [0.25, 0.3) is 0 Å². The minimum absolute atomic E-state index is 0.819. The van der Waals surface area contributed by atoms with Crippen LogP contribution >= 0.6 is 0 Å². The number of rotatable bonds is 10. The molecular formula is C10H24N2O. The van der Waals surface area contributed by atoms with Crippen molar-refractivity contribution in [1.29, 1.82) is 0 Å². The summed E-state index contributed by atoms with van der Waals surface area (Å²) in [5.41, 5.74) is 0. The van der Waals surface area contributed by atoms with E-state index in [0.29, 0.717) is 0 Å². The summed E-state index contributed by atoms with van der Waals surface area (Å²) in [6, 6.07) is 0. The maximum Gasteiger partial charge on any atom is 0.0587 e. The summed E-state index contributed by atoms with van der Waals surface area (Å²) in [6.07, 6.45) is 5.26. The van der Waals surface area contributed by atoms with Crippen LogP contribution in [0.1, 0.15) is 25.7 Å². The van der Waals surface area contributed by atoms with E-state index in [1.54, 1.807) is 7.11 Å². The van der Waals surface area contributed by atoms with E-state index in [9.17, 15) is 0 Å². The average molecular weight is 188 g/mol. The normalized spacial score (nSPS) is 10.6. The maximum absolute atomic E-state index is 4.93. The highest BCUT2D eigenvalue weighted by Gasteiger charge is 1.89. The lowest BCUT2D eigenvalue weighted by Crippen LogP contribution is -2.20. The topological polar surface area (TPSA) is 33.3 Å². The van der Waals surface area contributed by atoms with Gasteiger partial charge in [0.05, 0.1) is 6.61 Å². The summed E-state index contributed by atoms with van der Waals surface area (Å²) in [5.74, 6) is 0. The fraction of sp³-hybridized carbons (Fsp3) is 1.00. The lowest BCUT2D eigenvalue weighted by molar-refractivity contribution is 0.199. The van der Waals surface area contributed by atoms with Gasteiger partial charge in [-0.1, -0.05) is 12.8 Å². The Morgan fingerprint density at radius 3 is 2.23 bits per heavy atom. The van der Waals surface area contributed by atoms with Gasteiger partial charge < -0.3 is 15.4 Å². The molecule has 0 saturated heterocycles. The molecule has 0 aliphatic carbocycles. The lowest BCUT2D eigenvalue weighted by Gasteiger charge is -2.03. The number of methoxy groups -OCH3 is 1. The van der Waals surface area contributed by atoms with Crippen molar-refractivity contribution < 1.29 is 4.74 Å². The van der Waals surface area contributed by atoms with Crippen LogP contribution in [0.3, 0.4) is 0 Å². The van der Waals surface area contributed by atoms with Crippen molar-refractivity contribution in [3.63, 3.8) is 0 Å². The minimum Gasteiger partial charge on any atom is -0.383 e. The van der Waals surface area contributed by atoms with Gasteiger partial charge in [-0.2, -0.15) is 0 Å². The van der Waals surface area contributed by atoms with E-state index >= 15 is 0 Å². The quantitative estimate of drug-likeness (QED) is 0.502. The molecule has 2 N–H and O–H groups in total. The van der Waals surface area contributed by atoms with Crippen molar-refractivity contribution in [1.82, 2.24) is 10.6 Å². The Balaban J connectivity index is 2.76. The molecule has 0 saturated carbocycles. The minimum atomic E-state index is 0.819. The Hall–Kier alpha value is -0.120. The first kappa shape index (κ1) is 12.9. The van der Waals surface area contributed by atoms with Crippen LogP contribution in [0.4, 0.5) is 0 Å². The first-order valence-electron chi connectivity index (χ1n) is 5.26. The molecule has 3 nitrogen and oxygen atoms in total. The third-order valence-corrected chi connectivity index (χ3v) is 2.01. The molecule has 0 rings (SSSR count). The molecule has 0 aliphatic heterocycles. The highest BCUT2D eigenvalue weighted by Crippen LogP contribution is 1.97. The van der Waals surface area contributed by atoms with Gasteiger partial charge in [-0.3, -0.25) is 0 Å². The third kappa shape index (κ3) is 11.9. The van der Waals surface area contributed by atoms with Gasteiger partial charge in [-0.15, -0.1) is 0 Å². The Bertz CT molecular complexity index is 79.0. The van der Waals surface area contributed by atoms with Crippen LogP contribution in [-0.2, 0) is 4.74 Å². The molecule has 0 heterocycles. The van der Waals surface area contributed by atoms with Crippen molar-refractivity contribution in [2.45, 2.75) is 25.7 Å². The van der Waals surface area contributed by atoms with E-state index in [1.165, 1.54) is 25.7 Å². The van der Waals surface area contributed by atoms with Gasteiger partial charge in [0.1, 0.15) is 0 Å². The number of nitrogens with one attached hydrogen (secondary N) is 2. The summed E-state index contributed by atoms with van der Waals surface area (Å²) >= 11 is 0. The van der Waals surface area contributed by atoms with E-state index < -0.39 is 0 Å². The SMILES string of the molecule is CNCCCCCCNCCOC. The molecule has 0 bridgehead atoms. The monoisotopic (exact) mass is 188 g/mol. The molecule has 0 aliphatic rings. The van der Waals surface area contributed by atoms with Crippen molar-refractivity contribution >= 4 is 0 Å². The number of hydrogen-bond acceptors (Lipinski definition) is 3. The molecule has 0 unspecified atom stereocenters. The predicted octanol–water partition coefficient (Wildman–Crippen LogP) is 1.00. The molecule has 0 fully saturated rings. The molecule has 0 spiro atoms. The van der Waals surface area contributed by atoms with Gasteiger partial charge in [-0.05, 0) is 33.0 Å². The van der Waals surface area contributed by atoms with Crippen LogP contribution in [0.5, 0.6) is 0 Å². The highest BCUT2D eigenvalue weighted by atomic mass is 16.5. The smallest absolute Gasteiger partial charge is 0.0587 e. The molecule has 80 valence electrons. The Morgan fingerprint density at radius 1 is 0.923 bits per heavy atom. The Morgan fingerprint density at radius 2 is 1.62 bits per heavy atom. The largest absolute Gasteiger partial charge is 0.383 e. The molecular weight excluding hydrogens is 164 g/mol. The van der Waals surface area contributed by atoms with E-state index in [4.69, 9.17) is 4.74 Å². The molecule has 0 aromatic rings. The fourth-order valence-electron chi connectivity index (χ4n) is 1.20. The van der Waals surface area contributed by atoms with E-state index in [-0.39, 0.29) is 0 Å². The lowest BCUT2D eigenvalue weighted by atomic mass is 10.2. The zero-order chi connectivity index (χ0) is 9.78. The van der Waals surface area contributed by atoms with E-state index in [2.05, 4.69) is 10.6 Å². The average Bonchev–Trinajstić information content (AvgIpc) is 2.16. The fourth-order valence-corrected chi connectivity index (χ4v) is 1.20. The van der Waals surface area contributed by atoms with Crippen molar-refractivity contribution in [2.75, 3.05) is 40.4 Å². The Labute approximate surface area is 82.2 Å². The molecule has 0 radical (unpaired) electrons. The first-order valence-corrected chi connectivity index (χ1v) is 5.26. The third-order valence-electron chi connectivity index (χ3n) is 2.01. The van der Waals surface area contributed by atoms with Crippen molar-refractivity contribution in [2.24, 2.45) is 0 Å². The standard InChI is InChI=1S/C10H24N2O/c1-11-7-5-3-4-6-8-12-9-10-13-2/h11-12H,3-10H2,1-2H3.